The molecule has 0 atom stereocenters. The maximum Gasteiger partial charge on any atom is 4.00 e. The first-order valence-electron chi connectivity index (χ1n) is 7.58. The second-order valence-corrected chi connectivity index (χ2v) is 17.0. The molecule has 2 rings (SSSR count). The van der Waals surface area contributed by atoms with Crippen LogP contribution in [0, 0.1) is 12.2 Å². The van der Waals surface area contributed by atoms with Crippen LogP contribution in [0.15, 0.2) is 34.7 Å². The van der Waals surface area contributed by atoms with Crippen molar-refractivity contribution in [2.24, 2.45) is 0 Å². The Morgan fingerprint density at radius 1 is 0.696 bits per heavy atom. The summed E-state index contributed by atoms with van der Waals surface area (Å²) in [5.74, 6) is 0. The summed E-state index contributed by atoms with van der Waals surface area (Å²) in [4.78, 5) is 0. The Hall–Kier alpha value is 0.0281. The van der Waals surface area contributed by atoms with Crippen LogP contribution in [-0.2, 0) is 21.7 Å². The second-order valence-electron chi connectivity index (χ2n) is 6.89. The molecule has 0 bridgehead atoms. The molecule has 0 N–H and O–H groups in total. The van der Waals surface area contributed by atoms with Crippen LogP contribution in [0.5, 0.6) is 0 Å². The molecular weight excluding hydrogens is 352 g/mol. The van der Waals surface area contributed by atoms with Crippen LogP contribution in [0.3, 0.4) is 0 Å². The topological polar surface area (TPSA) is 46.1 Å². The van der Waals surface area contributed by atoms with Gasteiger partial charge in [0.05, 0.1) is 0 Å². The van der Waals surface area contributed by atoms with Gasteiger partial charge in [0.15, 0.2) is 0 Å². The predicted octanol–water partition coefficient (Wildman–Crippen LogP) is 3.06. The van der Waals surface area contributed by atoms with E-state index in [0.29, 0.717) is 0 Å². The summed E-state index contributed by atoms with van der Waals surface area (Å²) >= 11 is 0. The molecule has 0 saturated heterocycles. The zero-order chi connectivity index (χ0) is 17.8. The van der Waals surface area contributed by atoms with Crippen LogP contribution < -0.4 is 10.2 Å². The predicted molar refractivity (Wildman–Crippen MR) is 99.6 cm³/mol. The fraction of sp³-hybridized carbons (Fsp3) is 0.556. The Balaban J connectivity index is -0.000000276. The summed E-state index contributed by atoms with van der Waals surface area (Å²) in [6.07, 6.45) is 17.6. The maximum atomic E-state index is 8.25. The van der Waals surface area contributed by atoms with Gasteiger partial charge in [0, 0.05) is 16.1 Å². The molecule has 23 heavy (non-hydrogen) atoms. The average Bonchev–Trinajstić information content (AvgIpc) is 3.16. The molecule has 0 aromatic heterocycles. The Kier molecular flexibility index (Phi) is 17.4. The molecule has 0 aromatic carbocycles. The third kappa shape index (κ3) is 13.0. The fourth-order valence-electron chi connectivity index (χ4n) is 1.84. The number of hydrogen-bond acceptors (Lipinski definition) is 2. The fourth-order valence-corrected chi connectivity index (χ4v) is 4.34. The van der Waals surface area contributed by atoms with E-state index in [0.717, 1.165) is 27.1 Å². The molecule has 0 radical (unpaired) electrons. The van der Waals surface area contributed by atoms with Gasteiger partial charge in [-0.2, -0.15) is 26.4 Å². The van der Waals surface area contributed by atoms with E-state index in [1.54, 1.807) is 0 Å². The quantitative estimate of drug-likeness (QED) is 0.543. The van der Waals surface area contributed by atoms with E-state index in [2.05, 4.69) is 75.7 Å². The van der Waals surface area contributed by atoms with Crippen molar-refractivity contribution in [3.05, 3.63) is 46.8 Å². The number of allylic oxidation sites excluding steroid dienone is 8. The van der Waals surface area contributed by atoms with Gasteiger partial charge in [0.1, 0.15) is 0 Å². The van der Waals surface area contributed by atoms with Gasteiger partial charge in [-0.1, -0.05) is 39.3 Å². The molecule has 0 amide bonds. The van der Waals surface area contributed by atoms with Gasteiger partial charge >= 0.3 is 21.7 Å². The van der Waals surface area contributed by atoms with Gasteiger partial charge in [0.25, 0.3) is 0 Å². The Morgan fingerprint density at radius 3 is 1.04 bits per heavy atom. The second kappa shape index (κ2) is 14.4. The van der Waals surface area contributed by atoms with Gasteiger partial charge in [-0.15, -0.1) is 12.8 Å². The molecule has 0 aliphatic heterocycles. The molecule has 0 spiro atoms. The van der Waals surface area contributed by atoms with Crippen molar-refractivity contribution in [3.8, 4) is 0 Å². The molecule has 5 heteroatoms. The van der Waals surface area contributed by atoms with Crippen molar-refractivity contribution in [2.75, 3.05) is 14.2 Å². The van der Waals surface area contributed by atoms with Crippen molar-refractivity contribution < 1.29 is 31.9 Å². The van der Waals surface area contributed by atoms with Gasteiger partial charge in [-0.3, -0.25) is 12.2 Å². The zero-order valence-corrected chi connectivity index (χ0v) is 19.6. The van der Waals surface area contributed by atoms with Crippen molar-refractivity contribution in [3.63, 3.8) is 0 Å². The van der Waals surface area contributed by atoms with Crippen LogP contribution in [0.4, 0.5) is 0 Å². The van der Waals surface area contributed by atoms with Crippen LogP contribution in [0.25, 0.3) is 0 Å². The monoisotopic (exact) mass is 384 g/mol. The average molecular weight is 384 g/mol. The summed E-state index contributed by atoms with van der Waals surface area (Å²) in [5.41, 5.74) is 0. The van der Waals surface area contributed by atoms with Crippen LogP contribution in [0.2, 0.25) is 39.3 Å². The van der Waals surface area contributed by atoms with E-state index in [1.807, 2.05) is 0 Å². The van der Waals surface area contributed by atoms with Gasteiger partial charge in [-0.05, 0) is 0 Å². The third-order valence-electron chi connectivity index (χ3n) is 3.01. The number of rotatable bonds is 2. The third-order valence-corrected chi connectivity index (χ3v) is 6.92. The minimum atomic E-state index is -1.01. The molecule has 0 aromatic rings. The van der Waals surface area contributed by atoms with Gasteiger partial charge < -0.3 is 10.2 Å². The number of hydrogen-bond donors (Lipinski definition) is 0. The van der Waals surface area contributed by atoms with E-state index in [1.165, 1.54) is 10.4 Å². The molecule has 2 aliphatic carbocycles. The standard InChI is InChI=1S/2C8H13Si.2CH3O.Ti/c2*1-9(2,3)8-6-4-5-7-8;2*1-2;/h2*4,6H,5H2,1-3H3;2*1H3;/q4*-1;+4. The summed E-state index contributed by atoms with van der Waals surface area (Å²) in [5, 5.41) is 19.5. The van der Waals surface area contributed by atoms with E-state index < -0.39 is 16.1 Å². The van der Waals surface area contributed by atoms with Crippen molar-refractivity contribution in [1.82, 2.24) is 0 Å². The maximum absolute atomic E-state index is 8.25. The molecule has 0 unspecified atom stereocenters. The van der Waals surface area contributed by atoms with Gasteiger partial charge in [0.2, 0.25) is 0 Å². The minimum Gasteiger partial charge on any atom is -0.857 e. The summed E-state index contributed by atoms with van der Waals surface area (Å²) in [7, 11) is -0.511. The van der Waals surface area contributed by atoms with Crippen LogP contribution in [0.1, 0.15) is 12.8 Å². The van der Waals surface area contributed by atoms with Gasteiger partial charge in [-0.25, -0.2) is 22.5 Å². The zero-order valence-electron chi connectivity index (χ0n) is 16.0. The van der Waals surface area contributed by atoms with E-state index in [4.69, 9.17) is 10.2 Å². The molecule has 2 aliphatic rings. The Morgan fingerprint density at radius 2 is 0.957 bits per heavy atom. The van der Waals surface area contributed by atoms with E-state index >= 15 is 0 Å². The van der Waals surface area contributed by atoms with Crippen LogP contribution in [-0.4, -0.2) is 30.4 Å². The van der Waals surface area contributed by atoms with Crippen molar-refractivity contribution >= 4 is 16.1 Å². The first kappa shape index (κ1) is 27.9. The Bertz CT molecular complexity index is 372. The molecule has 128 valence electrons. The first-order valence-corrected chi connectivity index (χ1v) is 14.6. The smallest absolute Gasteiger partial charge is 0.857 e. The first-order chi connectivity index (χ1) is 10.2. The largest absolute Gasteiger partial charge is 4.00 e. The summed E-state index contributed by atoms with van der Waals surface area (Å²) in [6.45, 7) is 14.1. The van der Waals surface area contributed by atoms with Crippen molar-refractivity contribution in [1.29, 1.82) is 0 Å². The molecule has 0 fully saturated rings. The van der Waals surface area contributed by atoms with E-state index in [9.17, 15) is 0 Å². The minimum absolute atomic E-state index is 0. The Labute approximate surface area is 161 Å². The van der Waals surface area contributed by atoms with Crippen LogP contribution >= 0.6 is 0 Å². The summed E-state index contributed by atoms with van der Waals surface area (Å²) < 4.78 is 0. The van der Waals surface area contributed by atoms with Crippen molar-refractivity contribution in [2.45, 2.75) is 52.1 Å². The molecule has 0 heterocycles. The normalized spacial score (nSPS) is 14.9. The molecule has 0 saturated carbocycles. The summed E-state index contributed by atoms with van der Waals surface area (Å²) in [6, 6.07) is 0. The SMILES string of the molecule is C[O-].C[O-].C[Si](C)(C)C1=[C-]CC=C1.C[Si](C)(C)C1=[C-]CC=C1.[Ti+4]. The molecular formula is C18H32O2Si2Ti. The molecule has 2 nitrogen and oxygen atoms in total. The van der Waals surface area contributed by atoms with E-state index in [-0.39, 0.29) is 21.7 Å².